The molecule has 0 radical (unpaired) electrons. The molecule has 3 rings (SSSR count). The fourth-order valence-electron chi connectivity index (χ4n) is 2.41. The van der Waals surface area contributed by atoms with Gasteiger partial charge in [-0.15, -0.1) is 0 Å². The molecule has 0 atom stereocenters. The first-order chi connectivity index (χ1) is 12.6. The molecule has 1 aromatic carbocycles. The van der Waals surface area contributed by atoms with E-state index < -0.39 is 45.2 Å². The maximum Gasteiger partial charge on any atom is 0.264 e. The Labute approximate surface area is 164 Å². The second kappa shape index (κ2) is 7.28. The Morgan fingerprint density at radius 2 is 1.93 bits per heavy atom. The van der Waals surface area contributed by atoms with Gasteiger partial charge in [-0.3, -0.25) is 4.72 Å². The van der Waals surface area contributed by atoms with Crippen LogP contribution in [0.15, 0.2) is 39.8 Å². The van der Waals surface area contributed by atoms with Crippen LogP contribution in [0, 0.1) is 11.6 Å². The lowest BCUT2D eigenvalue weighted by Gasteiger charge is -2.09. The van der Waals surface area contributed by atoms with E-state index in [0.717, 1.165) is 16.8 Å². The summed E-state index contributed by atoms with van der Waals surface area (Å²) in [6.45, 7) is -0.819. The molecule has 5 nitrogen and oxygen atoms in total. The molecular formula is C15H9BrClF4N3O2S. The van der Waals surface area contributed by atoms with Crippen LogP contribution in [0.5, 0.6) is 0 Å². The molecule has 0 aliphatic rings. The minimum atomic E-state index is -4.44. The van der Waals surface area contributed by atoms with Gasteiger partial charge in [-0.1, -0.05) is 11.6 Å². The fraction of sp³-hybridized carbons (Fsp3) is 0.133. The molecule has 0 saturated heterocycles. The van der Waals surface area contributed by atoms with E-state index in [1.54, 1.807) is 0 Å². The topological polar surface area (TPSA) is 64.0 Å². The van der Waals surface area contributed by atoms with Gasteiger partial charge in [0.15, 0.2) is 0 Å². The summed E-state index contributed by atoms with van der Waals surface area (Å²) in [7, 11) is -4.44. The van der Waals surface area contributed by atoms with E-state index in [1.807, 2.05) is 4.72 Å². The van der Waals surface area contributed by atoms with Crippen molar-refractivity contribution in [2.75, 3.05) is 4.72 Å². The van der Waals surface area contributed by atoms with Gasteiger partial charge in [0, 0.05) is 17.6 Å². The van der Waals surface area contributed by atoms with Gasteiger partial charge in [-0.25, -0.2) is 31.0 Å². The standard InChI is InChI=1S/C15H9BrClF4N3O2S/c16-8-3-10(19)11(4-9(8)18)23-27(25,26)12-5-24(6-14(20)21)15-7(12)1-2-13(17)22-15/h1-5,14,23H,6H2. The van der Waals surface area contributed by atoms with E-state index in [-0.39, 0.29) is 20.7 Å². The number of halogens is 6. The molecule has 0 spiro atoms. The van der Waals surface area contributed by atoms with Crippen LogP contribution < -0.4 is 4.72 Å². The van der Waals surface area contributed by atoms with Gasteiger partial charge in [0.25, 0.3) is 16.4 Å². The molecule has 144 valence electrons. The molecule has 0 saturated carbocycles. The van der Waals surface area contributed by atoms with E-state index >= 15 is 0 Å². The van der Waals surface area contributed by atoms with Crippen molar-refractivity contribution in [2.45, 2.75) is 17.9 Å². The zero-order chi connectivity index (χ0) is 19.9. The minimum absolute atomic E-state index is 0.00513. The number of nitrogens with zero attached hydrogens (tertiary/aromatic N) is 2. The van der Waals surface area contributed by atoms with E-state index in [4.69, 9.17) is 11.6 Å². The summed E-state index contributed by atoms with van der Waals surface area (Å²) >= 11 is 8.54. The summed E-state index contributed by atoms with van der Waals surface area (Å²) in [5.41, 5.74) is -0.710. The highest BCUT2D eigenvalue weighted by Gasteiger charge is 2.25. The molecule has 2 heterocycles. The monoisotopic (exact) mass is 485 g/mol. The Morgan fingerprint density at radius 3 is 2.59 bits per heavy atom. The molecule has 0 aliphatic heterocycles. The van der Waals surface area contributed by atoms with Gasteiger partial charge in [-0.2, -0.15) is 0 Å². The maximum absolute atomic E-state index is 14.0. The lowest BCUT2D eigenvalue weighted by Crippen LogP contribution is -2.14. The van der Waals surface area contributed by atoms with Gasteiger partial charge in [-0.05, 0) is 34.1 Å². The lowest BCUT2D eigenvalue weighted by atomic mass is 10.3. The number of nitrogens with one attached hydrogen (secondary N) is 1. The van der Waals surface area contributed by atoms with Crippen molar-refractivity contribution in [3.8, 4) is 0 Å². The van der Waals surface area contributed by atoms with E-state index in [9.17, 15) is 26.0 Å². The molecule has 0 amide bonds. The zero-order valence-electron chi connectivity index (χ0n) is 13.1. The van der Waals surface area contributed by atoms with E-state index in [2.05, 4.69) is 20.9 Å². The number of alkyl halides is 2. The molecule has 1 N–H and O–H groups in total. The van der Waals surface area contributed by atoms with Crippen LogP contribution in [0.1, 0.15) is 0 Å². The lowest BCUT2D eigenvalue weighted by molar-refractivity contribution is 0.128. The predicted molar refractivity (Wildman–Crippen MR) is 95.6 cm³/mol. The van der Waals surface area contributed by atoms with Gasteiger partial charge in [0.2, 0.25) is 0 Å². The van der Waals surface area contributed by atoms with E-state index in [1.165, 1.54) is 12.1 Å². The third-order valence-corrected chi connectivity index (χ3v) is 5.74. The van der Waals surface area contributed by atoms with Crippen molar-refractivity contribution in [1.82, 2.24) is 9.55 Å². The Balaban J connectivity index is 2.12. The molecule has 27 heavy (non-hydrogen) atoms. The number of hydrogen-bond donors (Lipinski definition) is 1. The summed E-state index contributed by atoms with van der Waals surface area (Å²) in [6, 6.07) is 3.99. The fourth-order valence-corrected chi connectivity index (χ4v) is 4.14. The van der Waals surface area contributed by atoms with Crippen molar-refractivity contribution in [3.05, 3.63) is 51.7 Å². The van der Waals surface area contributed by atoms with Crippen LogP contribution in [-0.4, -0.2) is 24.4 Å². The first-order valence-corrected chi connectivity index (χ1v) is 9.85. The van der Waals surface area contributed by atoms with Crippen LogP contribution in [0.4, 0.5) is 23.2 Å². The van der Waals surface area contributed by atoms with Crippen LogP contribution >= 0.6 is 27.5 Å². The average Bonchev–Trinajstić information content (AvgIpc) is 2.90. The van der Waals surface area contributed by atoms with Gasteiger partial charge in [0.1, 0.15) is 27.3 Å². The third kappa shape index (κ3) is 4.04. The highest BCUT2D eigenvalue weighted by atomic mass is 79.9. The van der Waals surface area contributed by atoms with Crippen LogP contribution in [0.2, 0.25) is 5.15 Å². The summed E-state index contributed by atoms with van der Waals surface area (Å²) in [5.74, 6) is -1.91. The largest absolute Gasteiger partial charge is 0.325 e. The number of aromatic nitrogens is 2. The Morgan fingerprint density at radius 1 is 1.22 bits per heavy atom. The van der Waals surface area contributed by atoms with Crippen molar-refractivity contribution < 1.29 is 26.0 Å². The van der Waals surface area contributed by atoms with Crippen LogP contribution in [0.25, 0.3) is 11.0 Å². The van der Waals surface area contributed by atoms with Gasteiger partial charge in [0.05, 0.1) is 16.7 Å². The van der Waals surface area contributed by atoms with Gasteiger partial charge < -0.3 is 4.57 Å². The van der Waals surface area contributed by atoms with Crippen molar-refractivity contribution >= 4 is 54.3 Å². The first-order valence-electron chi connectivity index (χ1n) is 7.19. The summed E-state index contributed by atoms with van der Waals surface area (Å²) in [6.07, 6.45) is -1.83. The number of pyridine rings is 1. The Bertz CT molecular complexity index is 1140. The predicted octanol–water partition coefficient (Wildman–Crippen LogP) is 4.80. The smallest absolute Gasteiger partial charge is 0.264 e. The SMILES string of the molecule is O=S(=O)(Nc1cc(F)c(Br)cc1F)c1cn(CC(F)F)c2nc(Cl)ccc12. The zero-order valence-corrected chi connectivity index (χ0v) is 16.2. The molecule has 0 bridgehead atoms. The van der Waals surface area contributed by atoms with Crippen LogP contribution in [0.3, 0.4) is 0 Å². The maximum atomic E-state index is 14.0. The van der Waals surface area contributed by atoms with E-state index in [0.29, 0.717) is 6.07 Å². The summed E-state index contributed by atoms with van der Waals surface area (Å²) in [4.78, 5) is 3.45. The number of fused-ring (bicyclic) bond motifs is 1. The highest BCUT2D eigenvalue weighted by molar-refractivity contribution is 9.10. The number of benzene rings is 1. The van der Waals surface area contributed by atoms with Crippen molar-refractivity contribution in [1.29, 1.82) is 0 Å². The minimum Gasteiger partial charge on any atom is -0.325 e. The number of rotatable bonds is 5. The quantitative estimate of drug-likeness (QED) is 0.320. The molecule has 0 fully saturated rings. The number of hydrogen-bond acceptors (Lipinski definition) is 3. The Hall–Kier alpha value is -1.85. The summed E-state index contributed by atoms with van der Waals surface area (Å²) < 4.78 is 81.2. The normalized spacial score (nSPS) is 12.1. The molecule has 0 unspecified atom stereocenters. The van der Waals surface area contributed by atoms with Crippen molar-refractivity contribution in [3.63, 3.8) is 0 Å². The molecule has 2 aromatic heterocycles. The Kier molecular flexibility index (Phi) is 5.37. The van der Waals surface area contributed by atoms with Gasteiger partial charge >= 0.3 is 0 Å². The highest BCUT2D eigenvalue weighted by Crippen LogP contribution is 2.30. The second-order valence-corrected chi connectivity index (χ2v) is 8.29. The molecule has 3 aromatic rings. The average molecular weight is 487 g/mol. The second-order valence-electron chi connectivity index (χ2n) is 5.39. The summed E-state index contributed by atoms with van der Waals surface area (Å²) in [5, 5.41) is -0.0143. The number of anilines is 1. The van der Waals surface area contributed by atoms with Crippen LogP contribution in [-0.2, 0) is 16.6 Å². The van der Waals surface area contributed by atoms with Crippen molar-refractivity contribution in [2.24, 2.45) is 0 Å². The first kappa shape index (κ1) is 19.9. The third-order valence-electron chi connectivity index (χ3n) is 3.53. The molecule has 12 heteroatoms. The number of sulfonamides is 1. The molecular weight excluding hydrogens is 478 g/mol. The molecule has 0 aliphatic carbocycles.